The topological polar surface area (TPSA) is 42.7 Å². The number of nitrogens with zero attached hydrogens (tertiary/aromatic N) is 3. The van der Waals surface area contributed by atoms with Crippen molar-refractivity contribution in [2.45, 2.75) is 51.5 Å². The number of thiophene rings is 1. The smallest absolute Gasteiger partial charge is 0.138 e. The van der Waals surface area contributed by atoms with Crippen molar-refractivity contribution in [1.29, 1.82) is 0 Å². The first-order valence-corrected chi connectivity index (χ1v) is 8.77. The number of nitrogens with one attached hydrogen (secondary N) is 1. The van der Waals surface area contributed by atoms with Crippen LogP contribution in [0.15, 0.2) is 12.4 Å². The highest BCUT2D eigenvalue weighted by atomic mass is 32.1. The van der Waals surface area contributed by atoms with Gasteiger partial charge < -0.3 is 5.32 Å². The molecule has 0 bridgehead atoms. The minimum absolute atomic E-state index is 0.356. The molecule has 0 amide bonds. The van der Waals surface area contributed by atoms with Crippen molar-refractivity contribution in [2.75, 3.05) is 6.54 Å². The van der Waals surface area contributed by atoms with Crippen molar-refractivity contribution in [1.82, 2.24) is 20.1 Å². The van der Waals surface area contributed by atoms with Gasteiger partial charge in [-0.1, -0.05) is 13.3 Å². The van der Waals surface area contributed by atoms with Gasteiger partial charge in [-0.15, -0.1) is 11.3 Å². The summed E-state index contributed by atoms with van der Waals surface area (Å²) in [5, 5.41) is 7.80. The maximum atomic E-state index is 4.38. The van der Waals surface area contributed by atoms with Crippen LogP contribution < -0.4 is 5.32 Å². The first-order chi connectivity index (χ1) is 10.3. The van der Waals surface area contributed by atoms with Crippen LogP contribution in [0.4, 0.5) is 0 Å². The summed E-state index contributed by atoms with van der Waals surface area (Å²) in [6, 6.07) is 2.80. The Bertz CT molecular complexity index is 563. The molecule has 1 aliphatic rings. The highest BCUT2D eigenvalue weighted by molar-refractivity contribution is 7.12. The van der Waals surface area contributed by atoms with Crippen LogP contribution in [0.1, 0.15) is 53.4 Å². The highest BCUT2D eigenvalue weighted by Gasteiger charge is 2.20. The van der Waals surface area contributed by atoms with Crippen LogP contribution in [0.25, 0.3) is 0 Å². The maximum absolute atomic E-state index is 4.38. The summed E-state index contributed by atoms with van der Waals surface area (Å²) in [6.07, 6.45) is 9.15. The molecule has 0 aromatic carbocycles. The number of hydrogen-bond donors (Lipinski definition) is 1. The second-order valence-corrected chi connectivity index (χ2v) is 6.94. The van der Waals surface area contributed by atoms with Crippen molar-refractivity contribution in [2.24, 2.45) is 7.05 Å². The number of hydrogen-bond acceptors (Lipinski definition) is 4. The molecule has 21 heavy (non-hydrogen) atoms. The van der Waals surface area contributed by atoms with Crippen LogP contribution in [0.3, 0.4) is 0 Å². The number of aromatic nitrogens is 3. The lowest BCUT2D eigenvalue weighted by Crippen LogP contribution is -2.23. The summed E-state index contributed by atoms with van der Waals surface area (Å²) < 4.78 is 1.88. The quantitative estimate of drug-likeness (QED) is 0.863. The molecule has 2 heterocycles. The fourth-order valence-electron chi connectivity index (χ4n) is 3.07. The van der Waals surface area contributed by atoms with Crippen molar-refractivity contribution in [3.05, 3.63) is 33.5 Å². The Morgan fingerprint density at radius 2 is 2.19 bits per heavy atom. The molecule has 2 aromatic heterocycles. The van der Waals surface area contributed by atoms with E-state index in [1.165, 1.54) is 37.0 Å². The monoisotopic (exact) mass is 304 g/mol. The van der Waals surface area contributed by atoms with Gasteiger partial charge in [0, 0.05) is 29.3 Å². The lowest BCUT2D eigenvalue weighted by molar-refractivity contribution is 0.529. The van der Waals surface area contributed by atoms with Gasteiger partial charge in [0.25, 0.3) is 0 Å². The zero-order valence-electron chi connectivity index (χ0n) is 12.9. The molecule has 0 saturated carbocycles. The Morgan fingerprint density at radius 3 is 2.95 bits per heavy atom. The van der Waals surface area contributed by atoms with E-state index in [1.54, 1.807) is 16.8 Å². The van der Waals surface area contributed by atoms with Crippen LogP contribution in [0, 0.1) is 0 Å². The first-order valence-electron chi connectivity index (χ1n) is 7.95. The lowest BCUT2D eigenvalue weighted by Gasteiger charge is -2.15. The van der Waals surface area contributed by atoms with Gasteiger partial charge in [-0.05, 0) is 43.9 Å². The third-order valence-electron chi connectivity index (χ3n) is 4.25. The predicted octanol–water partition coefficient (Wildman–Crippen LogP) is 3.04. The number of likely N-dealkylation sites (N-methyl/N-ethyl adjacent to an activating group) is 1. The van der Waals surface area contributed by atoms with Gasteiger partial charge >= 0.3 is 0 Å². The van der Waals surface area contributed by atoms with Gasteiger partial charge in [0.2, 0.25) is 0 Å². The van der Waals surface area contributed by atoms with E-state index < -0.39 is 0 Å². The maximum Gasteiger partial charge on any atom is 0.138 e. The van der Waals surface area contributed by atoms with Crippen LogP contribution in [-0.2, 0) is 26.3 Å². The van der Waals surface area contributed by atoms with Crippen LogP contribution in [0.2, 0.25) is 0 Å². The molecule has 0 aliphatic heterocycles. The molecular weight excluding hydrogens is 280 g/mol. The fourth-order valence-corrected chi connectivity index (χ4v) is 4.40. The van der Waals surface area contributed by atoms with Gasteiger partial charge in [-0.2, -0.15) is 5.10 Å². The van der Waals surface area contributed by atoms with Gasteiger partial charge in [-0.25, -0.2) is 4.98 Å². The van der Waals surface area contributed by atoms with Gasteiger partial charge in [-0.3, -0.25) is 4.68 Å². The molecule has 4 nitrogen and oxygen atoms in total. The summed E-state index contributed by atoms with van der Waals surface area (Å²) in [4.78, 5) is 7.46. The molecule has 0 spiro atoms. The molecule has 0 fully saturated rings. The molecule has 1 atom stereocenters. The summed E-state index contributed by atoms with van der Waals surface area (Å²) in [6.45, 7) is 3.15. The van der Waals surface area contributed by atoms with Crippen molar-refractivity contribution in [3.8, 4) is 0 Å². The molecule has 1 N–H and O–H groups in total. The first kappa shape index (κ1) is 14.7. The van der Waals surface area contributed by atoms with Crippen molar-refractivity contribution in [3.63, 3.8) is 0 Å². The Morgan fingerprint density at radius 1 is 1.33 bits per heavy atom. The lowest BCUT2D eigenvalue weighted by atomic mass is 10.1. The van der Waals surface area contributed by atoms with Crippen LogP contribution in [0.5, 0.6) is 0 Å². The molecular formula is C16H24N4S. The van der Waals surface area contributed by atoms with Crippen LogP contribution in [-0.4, -0.2) is 21.3 Å². The second-order valence-electron chi connectivity index (χ2n) is 5.77. The van der Waals surface area contributed by atoms with Gasteiger partial charge in [0.1, 0.15) is 12.2 Å². The molecule has 0 radical (unpaired) electrons. The second kappa shape index (κ2) is 6.71. The Labute approximate surface area is 130 Å². The number of aryl methyl sites for hydroxylation is 3. The summed E-state index contributed by atoms with van der Waals surface area (Å²) in [5.74, 6) is 1.05. The van der Waals surface area contributed by atoms with Crippen molar-refractivity contribution < 1.29 is 0 Å². The van der Waals surface area contributed by atoms with Crippen molar-refractivity contribution >= 4 is 11.3 Å². The molecule has 1 aliphatic carbocycles. The summed E-state index contributed by atoms with van der Waals surface area (Å²) >= 11 is 2.00. The summed E-state index contributed by atoms with van der Waals surface area (Å²) in [7, 11) is 1.97. The average Bonchev–Trinajstić information content (AvgIpc) is 2.99. The van der Waals surface area contributed by atoms with E-state index in [0.29, 0.717) is 6.04 Å². The zero-order chi connectivity index (χ0) is 14.7. The van der Waals surface area contributed by atoms with Gasteiger partial charge in [0.15, 0.2) is 0 Å². The van der Waals surface area contributed by atoms with E-state index in [4.69, 9.17) is 0 Å². The average molecular weight is 304 g/mol. The minimum atomic E-state index is 0.356. The van der Waals surface area contributed by atoms with Gasteiger partial charge in [0.05, 0.1) is 0 Å². The number of rotatable bonds is 5. The number of fused-ring (bicyclic) bond motifs is 1. The van der Waals surface area contributed by atoms with E-state index in [0.717, 1.165) is 18.8 Å². The standard InChI is InChI=1S/C16H24N4S/c1-3-17-13(10-16-18-11-19-20(16)2)15-9-12-7-5-4-6-8-14(12)21-15/h9,11,13,17H,3-8,10H2,1-2H3. The largest absolute Gasteiger partial charge is 0.309 e. The molecule has 1 unspecified atom stereocenters. The summed E-state index contributed by atoms with van der Waals surface area (Å²) in [5.41, 5.74) is 1.59. The van der Waals surface area contributed by atoms with E-state index >= 15 is 0 Å². The molecule has 114 valence electrons. The molecule has 2 aromatic rings. The Balaban J connectivity index is 1.82. The Kier molecular flexibility index (Phi) is 4.70. The fraction of sp³-hybridized carbons (Fsp3) is 0.625. The van der Waals surface area contributed by atoms with E-state index in [1.807, 2.05) is 23.1 Å². The third kappa shape index (κ3) is 3.35. The van der Waals surface area contributed by atoms with E-state index in [9.17, 15) is 0 Å². The zero-order valence-corrected chi connectivity index (χ0v) is 13.7. The van der Waals surface area contributed by atoms with E-state index in [2.05, 4.69) is 28.4 Å². The highest BCUT2D eigenvalue weighted by Crippen LogP contribution is 2.33. The van der Waals surface area contributed by atoms with E-state index in [-0.39, 0.29) is 0 Å². The molecule has 3 rings (SSSR count). The molecule has 5 heteroatoms. The molecule has 0 saturated heterocycles. The van der Waals surface area contributed by atoms with Crippen LogP contribution >= 0.6 is 11.3 Å². The Hall–Kier alpha value is -1.20. The SMILES string of the molecule is CCNC(Cc1ncnn1C)c1cc2c(s1)CCCCC2. The predicted molar refractivity (Wildman–Crippen MR) is 86.7 cm³/mol. The third-order valence-corrected chi connectivity index (χ3v) is 5.60. The normalized spacial score (nSPS) is 16.5. The minimum Gasteiger partial charge on any atom is -0.309 e.